The second-order valence-electron chi connectivity index (χ2n) is 4.63. The molecule has 0 amide bonds. The van der Waals surface area contributed by atoms with Crippen LogP contribution in [0.25, 0.3) is 0 Å². The van der Waals surface area contributed by atoms with E-state index in [1.54, 1.807) is 11.8 Å². The van der Waals surface area contributed by atoms with Crippen LogP contribution in [-0.2, 0) is 6.54 Å². The topological polar surface area (TPSA) is 65.3 Å². The lowest BCUT2D eigenvalue weighted by Gasteiger charge is -2.22. The van der Waals surface area contributed by atoms with E-state index in [1.165, 1.54) is 0 Å². The highest BCUT2D eigenvalue weighted by atomic mass is 32.2. The molecule has 4 nitrogen and oxygen atoms in total. The first-order valence-electron chi connectivity index (χ1n) is 6.08. The maximum absolute atomic E-state index is 10.0. The number of rotatable bonds is 8. The minimum Gasteiger partial charge on any atom is -0.479 e. The zero-order valence-electron chi connectivity index (χ0n) is 11.3. The minimum absolute atomic E-state index is 0.0549. The predicted molar refractivity (Wildman–Crippen MR) is 78.3 cm³/mol. The van der Waals surface area contributed by atoms with Crippen molar-refractivity contribution in [3.63, 3.8) is 0 Å². The summed E-state index contributed by atoms with van der Waals surface area (Å²) in [5, 5.41) is 21.7. The van der Waals surface area contributed by atoms with Crippen LogP contribution in [0.4, 0.5) is 0 Å². The van der Waals surface area contributed by atoms with Crippen LogP contribution >= 0.6 is 11.8 Å². The molecule has 0 radical (unpaired) electrons. The zero-order chi connectivity index (χ0) is 14.1. The summed E-state index contributed by atoms with van der Waals surface area (Å²) in [5.74, 6) is 1.39. The van der Waals surface area contributed by atoms with E-state index in [0.717, 1.165) is 5.56 Å². The summed E-state index contributed by atoms with van der Waals surface area (Å²) in [4.78, 5) is 0. The van der Waals surface area contributed by atoms with Crippen LogP contribution in [0, 0.1) is 11.3 Å². The molecule has 0 saturated heterocycles. The molecular formula is C14H20N2O2S. The molecule has 1 rings (SSSR count). The van der Waals surface area contributed by atoms with Gasteiger partial charge in [-0.3, -0.25) is 0 Å². The fraction of sp³-hybridized carbons (Fsp3) is 0.500. The van der Waals surface area contributed by atoms with Gasteiger partial charge in [-0.05, 0) is 30.9 Å². The molecule has 5 heteroatoms. The number of nitrogens with zero attached hydrogens (tertiary/aromatic N) is 1. The highest BCUT2D eigenvalue weighted by molar-refractivity contribution is 7.98. The molecule has 0 bridgehead atoms. The van der Waals surface area contributed by atoms with E-state index in [1.807, 2.05) is 43.5 Å². The molecule has 0 aliphatic carbocycles. The Hall–Kier alpha value is -1.22. The molecule has 0 aliphatic heterocycles. The molecule has 0 heterocycles. The number of nitrogens with one attached hydrogen (secondary N) is 1. The molecule has 0 fully saturated rings. The number of nitriles is 1. The zero-order valence-corrected chi connectivity index (χ0v) is 12.2. The van der Waals surface area contributed by atoms with Gasteiger partial charge in [-0.1, -0.05) is 12.1 Å². The molecular weight excluding hydrogens is 260 g/mol. The average Bonchev–Trinajstić information content (AvgIpc) is 2.36. The molecule has 1 atom stereocenters. The van der Waals surface area contributed by atoms with Gasteiger partial charge in [0.05, 0.1) is 5.60 Å². The van der Waals surface area contributed by atoms with Crippen LogP contribution in [0.1, 0.15) is 12.5 Å². The van der Waals surface area contributed by atoms with Crippen molar-refractivity contribution in [1.29, 1.82) is 5.26 Å². The molecule has 1 aromatic rings. The smallest absolute Gasteiger partial charge is 0.174 e. The molecule has 1 aromatic carbocycles. The number of aliphatic hydroxyl groups is 1. The SMILES string of the molecule is CSCC(C)(O)CNCc1cccc(OCC#N)c1. The van der Waals surface area contributed by atoms with Gasteiger partial charge < -0.3 is 15.2 Å². The van der Waals surface area contributed by atoms with Crippen molar-refractivity contribution in [1.82, 2.24) is 5.32 Å². The Morgan fingerprint density at radius 3 is 3.00 bits per heavy atom. The largest absolute Gasteiger partial charge is 0.479 e. The van der Waals surface area contributed by atoms with E-state index in [0.29, 0.717) is 24.6 Å². The van der Waals surface area contributed by atoms with E-state index in [9.17, 15) is 5.11 Å². The molecule has 0 saturated carbocycles. The minimum atomic E-state index is -0.700. The maximum Gasteiger partial charge on any atom is 0.174 e. The summed E-state index contributed by atoms with van der Waals surface area (Å²) in [6.45, 7) is 3.08. The van der Waals surface area contributed by atoms with Crippen molar-refractivity contribution < 1.29 is 9.84 Å². The van der Waals surface area contributed by atoms with Crippen molar-refractivity contribution in [2.24, 2.45) is 0 Å². The van der Waals surface area contributed by atoms with Gasteiger partial charge in [-0.2, -0.15) is 17.0 Å². The van der Waals surface area contributed by atoms with Gasteiger partial charge in [0.15, 0.2) is 6.61 Å². The number of hydrogen-bond acceptors (Lipinski definition) is 5. The van der Waals surface area contributed by atoms with Crippen molar-refractivity contribution in [2.45, 2.75) is 19.1 Å². The summed E-state index contributed by atoms with van der Waals surface area (Å²) >= 11 is 1.63. The van der Waals surface area contributed by atoms with Crippen molar-refractivity contribution in [3.05, 3.63) is 29.8 Å². The van der Waals surface area contributed by atoms with E-state index in [-0.39, 0.29) is 6.61 Å². The van der Waals surface area contributed by atoms with Gasteiger partial charge in [0.25, 0.3) is 0 Å². The molecule has 0 spiro atoms. The monoisotopic (exact) mass is 280 g/mol. The lowest BCUT2D eigenvalue weighted by Crippen LogP contribution is -2.39. The van der Waals surface area contributed by atoms with Crippen LogP contribution < -0.4 is 10.1 Å². The first-order valence-corrected chi connectivity index (χ1v) is 7.47. The van der Waals surface area contributed by atoms with Gasteiger partial charge in [0.1, 0.15) is 11.8 Å². The average molecular weight is 280 g/mol. The summed E-state index contributed by atoms with van der Waals surface area (Å²) in [6, 6.07) is 9.53. The lowest BCUT2D eigenvalue weighted by molar-refractivity contribution is 0.0846. The van der Waals surface area contributed by atoms with Crippen molar-refractivity contribution in [3.8, 4) is 11.8 Å². The van der Waals surface area contributed by atoms with E-state index in [4.69, 9.17) is 10.00 Å². The van der Waals surface area contributed by atoms with Gasteiger partial charge in [0, 0.05) is 18.8 Å². The molecule has 19 heavy (non-hydrogen) atoms. The quantitative estimate of drug-likeness (QED) is 0.760. The second-order valence-corrected chi connectivity index (χ2v) is 5.49. The van der Waals surface area contributed by atoms with E-state index in [2.05, 4.69) is 5.32 Å². The first kappa shape index (κ1) is 15.8. The maximum atomic E-state index is 10.0. The number of hydrogen-bond donors (Lipinski definition) is 2. The Kier molecular flexibility index (Phi) is 6.71. The molecule has 2 N–H and O–H groups in total. The third-order valence-corrected chi connectivity index (χ3v) is 3.40. The third kappa shape index (κ3) is 6.48. The van der Waals surface area contributed by atoms with Gasteiger partial charge in [-0.25, -0.2) is 0 Å². The summed E-state index contributed by atoms with van der Waals surface area (Å²) < 4.78 is 5.24. The predicted octanol–water partition coefficient (Wildman–Crippen LogP) is 1.79. The highest BCUT2D eigenvalue weighted by Gasteiger charge is 2.18. The van der Waals surface area contributed by atoms with Gasteiger partial charge >= 0.3 is 0 Å². The van der Waals surface area contributed by atoms with Gasteiger partial charge in [0.2, 0.25) is 0 Å². The van der Waals surface area contributed by atoms with Crippen LogP contribution in [-0.4, -0.2) is 35.9 Å². The summed E-state index contributed by atoms with van der Waals surface area (Å²) in [6.07, 6.45) is 1.98. The fourth-order valence-electron chi connectivity index (χ4n) is 1.70. The highest BCUT2D eigenvalue weighted by Crippen LogP contribution is 2.14. The number of ether oxygens (including phenoxy) is 1. The van der Waals surface area contributed by atoms with Crippen LogP contribution in [0.3, 0.4) is 0 Å². The van der Waals surface area contributed by atoms with Crippen molar-refractivity contribution >= 4 is 11.8 Å². The number of benzene rings is 1. The Balaban J connectivity index is 2.43. The molecule has 1 unspecified atom stereocenters. The fourth-order valence-corrected chi connectivity index (χ4v) is 2.42. The molecule has 104 valence electrons. The Morgan fingerprint density at radius 2 is 2.32 bits per heavy atom. The van der Waals surface area contributed by atoms with Gasteiger partial charge in [-0.15, -0.1) is 0 Å². The Bertz CT molecular complexity index is 430. The van der Waals surface area contributed by atoms with Crippen LogP contribution in [0.5, 0.6) is 5.75 Å². The van der Waals surface area contributed by atoms with E-state index < -0.39 is 5.60 Å². The van der Waals surface area contributed by atoms with Crippen LogP contribution in [0.15, 0.2) is 24.3 Å². The standard InChI is InChI=1S/C14H20N2O2S/c1-14(17,11-19-2)10-16-9-12-4-3-5-13(8-12)18-7-6-15/h3-5,8,16-17H,7,9-11H2,1-2H3. The molecule has 0 aliphatic rings. The summed E-state index contributed by atoms with van der Waals surface area (Å²) in [5.41, 5.74) is 0.365. The summed E-state index contributed by atoms with van der Waals surface area (Å²) in [7, 11) is 0. The van der Waals surface area contributed by atoms with Crippen molar-refractivity contribution in [2.75, 3.05) is 25.2 Å². The Morgan fingerprint density at radius 1 is 1.53 bits per heavy atom. The van der Waals surface area contributed by atoms with E-state index >= 15 is 0 Å². The first-order chi connectivity index (χ1) is 9.07. The number of thioether (sulfide) groups is 1. The second kappa shape index (κ2) is 8.05. The molecule has 0 aromatic heterocycles. The normalized spacial score (nSPS) is 13.6. The third-order valence-electron chi connectivity index (χ3n) is 2.49. The van der Waals surface area contributed by atoms with Crippen LogP contribution in [0.2, 0.25) is 0 Å². The lowest BCUT2D eigenvalue weighted by atomic mass is 10.1. The Labute approximate surface area is 118 Å².